The number of allylic oxidation sites excluding steroid dienone is 1. The molecule has 0 bridgehead atoms. The summed E-state index contributed by atoms with van der Waals surface area (Å²) < 4.78 is 29.7. The predicted octanol–water partition coefficient (Wildman–Crippen LogP) is 4.48. The Hall–Kier alpha value is -5.17. The van der Waals surface area contributed by atoms with Gasteiger partial charge in [0.05, 0.1) is 52.1 Å². The van der Waals surface area contributed by atoms with Crippen LogP contribution in [0.5, 0.6) is 17.2 Å². The highest BCUT2D eigenvalue weighted by Gasteiger charge is 2.35. The molecular weight excluding hydrogens is 590 g/mol. The van der Waals surface area contributed by atoms with Gasteiger partial charge in [-0.3, -0.25) is 19.5 Å². The molecular formula is C31H27N3O9S. The lowest BCUT2D eigenvalue weighted by atomic mass is 9.94. The number of non-ortho nitro benzene ring substituents is 1. The highest BCUT2D eigenvalue weighted by atomic mass is 32.1. The topological polar surface area (TPSA) is 145 Å². The van der Waals surface area contributed by atoms with Crippen LogP contribution in [0.2, 0.25) is 0 Å². The molecule has 13 heteroatoms. The van der Waals surface area contributed by atoms with Gasteiger partial charge in [-0.05, 0) is 49.2 Å². The van der Waals surface area contributed by atoms with Crippen molar-refractivity contribution in [3.8, 4) is 28.6 Å². The van der Waals surface area contributed by atoms with Gasteiger partial charge in [0.25, 0.3) is 11.2 Å². The first-order chi connectivity index (χ1) is 21.3. The van der Waals surface area contributed by atoms with Gasteiger partial charge in [0.2, 0.25) is 6.79 Å². The molecule has 0 aliphatic carbocycles. The molecule has 0 saturated heterocycles. The Bertz CT molecular complexity index is 2000. The number of fused-ring (bicyclic) bond motifs is 2. The summed E-state index contributed by atoms with van der Waals surface area (Å²) >= 11 is 1.18. The molecule has 0 fully saturated rings. The number of nitro benzene ring substituents is 1. The zero-order chi connectivity index (χ0) is 31.0. The molecule has 12 nitrogen and oxygen atoms in total. The van der Waals surface area contributed by atoms with Crippen LogP contribution in [0.3, 0.4) is 0 Å². The number of methoxy groups -OCH3 is 1. The Labute approximate surface area is 254 Å². The molecule has 0 unspecified atom stereocenters. The van der Waals surface area contributed by atoms with Gasteiger partial charge in [-0.15, -0.1) is 0 Å². The standard InChI is InChI=1S/C31H27N3O9S/c1-4-6-21-27(30(36)40-5-2)28(17-7-11-23-25(13-17)42-16-41-23)33-29(35)26(44-31(33)32-21)15-19-9-12-22(43-19)20-10-8-18(34(37)38)14-24(20)39-3/h7-15,28H,4-6,16H2,1-3H3/b26-15-/t28-/m1/s1. The minimum Gasteiger partial charge on any atom is -0.496 e. The molecule has 2 aliphatic heterocycles. The Morgan fingerprint density at radius 2 is 1.98 bits per heavy atom. The molecule has 6 rings (SSSR count). The van der Waals surface area contributed by atoms with Crippen LogP contribution in [0.4, 0.5) is 5.69 Å². The lowest BCUT2D eigenvalue weighted by Crippen LogP contribution is -2.40. The number of benzene rings is 2. The van der Waals surface area contributed by atoms with E-state index in [1.807, 2.05) is 6.92 Å². The van der Waals surface area contributed by atoms with Gasteiger partial charge >= 0.3 is 5.97 Å². The Kier molecular flexibility index (Phi) is 7.78. The second kappa shape index (κ2) is 11.8. The second-order valence-corrected chi connectivity index (χ2v) is 10.9. The van der Waals surface area contributed by atoms with E-state index in [1.54, 1.807) is 49.4 Å². The number of esters is 1. The lowest BCUT2D eigenvalue weighted by molar-refractivity contribution is -0.384. The van der Waals surface area contributed by atoms with Crippen LogP contribution in [0.25, 0.3) is 17.4 Å². The number of carbonyl (C=O) groups is 1. The quantitative estimate of drug-likeness (QED) is 0.151. The molecule has 2 aliphatic rings. The average molecular weight is 618 g/mol. The van der Waals surface area contributed by atoms with E-state index in [2.05, 4.69) is 0 Å². The van der Waals surface area contributed by atoms with E-state index in [0.29, 0.717) is 61.2 Å². The van der Waals surface area contributed by atoms with Crippen LogP contribution >= 0.6 is 11.3 Å². The SMILES string of the molecule is CCCC1=C(C(=O)OCC)[C@@H](c2ccc3c(c2)OCO3)n2c(s/c(=C\c3ccc(-c4ccc([N+](=O)[O-])cc4OC)o3)c2=O)=N1. The van der Waals surface area contributed by atoms with Gasteiger partial charge < -0.3 is 23.4 Å². The van der Waals surface area contributed by atoms with Crippen LogP contribution < -0.4 is 29.1 Å². The van der Waals surface area contributed by atoms with Crippen LogP contribution in [-0.4, -0.2) is 36.0 Å². The van der Waals surface area contributed by atoms with Gasteiger partial charge in [-0.1, -0.05) is 30.7 Å². The van der Waals surface area contributed by atoms with Crippen molar-refractivity contribution in [3.63, 3.8) is 0 Å². The van der Waals surface area contributed by atoms with Crippen molar-refractivity contribution in [2.45, 2.75) is 32.7 Å². The van der Waals surface area contributed by atoms with Gasteiger partial charge in [0.1, 0.15) is 17.3 Å². The lowest BCUT2D eigenvalue weighted by Gasteiger charge is -2.25. The highest BCUT2D eigenvalue weighted by Crippen LogP contribution is 2.39. The molecule has 2 aromatic heterocycles. The largest absolute Gasteiger partial charge is 0.496 e. The first-order valence-corrected chi connectivity index (χ1v) is 14.7. The molecule has 1 atom stereocenters. The first kappa shape index (κ1) is 28.9. The van der Waals surface area contributed by atoms with Crippen molar-refractivity contribution < 1.29 is 33.1 Å². The van der Waals surface area contributed by atoms with Crippen molar-refractivity contribution in [3.05, 3.63) is 101 Å². The summed E-state index contributed by atoms with van der Waals surface area (Å²) in [5.74, 6) is 1.62. The molecule has 226 valence electrons. The molecule has 2 aromatic carbocycles. The van der Waals surface area contributed by atoms with E-state index in [9.17, 15) is 19.7 Å². The van der Waals surface area contributed by atoms with Crippen molar-refractivity contribution in [1.82, 2.24) is 4.57 Å². The summed E-state index contributed by atoms with van der Waals surface area (Å²) in [6.45, 7) is 3.97. The number of aromatic nitrogens is 1. The van der Waals surface area contributed by atoms with Crippen molar-refractivity contribution in [2.75, 3.05) is 20.5 Å². The number of nitro groups is 1. The molecule has 0 radical (unpaired) electrons. The monoisotopic (exact) mass is 617 g/mol. The number of thiazole rings is 1. The van der Waals surface area contributed by atoms with Crippen LogP contribution in [0.1, 0.15) is 44.1 Å². The Morgan fingerprint density at radius 3 is 2.73 bits per heavy atom. The molecule has 4 heterocycles. The van der Waals surface area contributed by atoms with E-state index < -0.39 is 16.9 Å². The summed E-state index contributed by atoms with van der Waals surface area (Å²) in [5, 5.41) is 11.2. The molecule has 0 saturated carbocycles. The van der Waals surface area contributed by atoms with E-state index in [0.717, 1.165) is 6.42 Å². The van der Waals surface area contributed by atoms with Gasteiger partial charge in [0, 0.05) is 12.1 Å². The maximum atomic E-state index is 14.0. The van der Waals surface area contributed by atoms with Gasteiger partial charge in [-0.2, -0.15) is 0 Å². The fraction of sp³-hybridized carbons (Fsp3) is 0.258. The van der Waals surface area contributed by atoms with Crippen LogP contribution in [0, 0.1) is 10.1 Å². The molecule has 0 spiro atoms. The number of furan rings is 1. The van der Waals surface area contributed by atoms with E-state index in [1.165, 1.54) is 35.1 Å². The average Bonchev–Trinajstić information content (AvgIpc) is 3.75. The molecule has 4 aromatic rings. The van der Waals surface area contributed by atoms with Crippen LogP contribution in [-0.2, 0) is 9.53 Å². The fourth-order valence-corrected chi connectivity index (χ4v) is 6.22. The smallest absolute Gasteiger partial charge is 0.338 e. The Morgan fingerprint density at radius 1 is 1.16 bits per heavy atom. The maximum Gasteiger partial charge on any atom is 0.338 e. The second-order valence-electron chi connectivity index (χ2n) is 9.87. The number of hydrogen-bond donors (Lipinski definition) is 0. The van der Waals surface area contributed by atoms with Gasteiger partial charge in [-0.25, -0.2) is 9.79 Å². The van der Waals surface area contributed by atoms with E-state index in [4.69, 9.17) is 28.4 Å². The van der Waals surface area contributed by atoms with Crippen LogP contribution in [0.15, 0.2) is 74.0 Å². The van der Waals surface area contributed by atoms with Crippen molar-refractivity contribution >= 4 is 29.1 Å². The minimum atomic E-state index is -0.806. The number of rotatable bonds is 9. The normalized spacial score (nSPS) is 15.6. The third-order valence-electron chi connectivity index (χ3n) is 7.17. The zero-order valence-electron chi connectivity index (χ0n) is 24.0. The van der Waals surface area contributed by atoms with Crippen molar-refractivity contribution in [2.24, 2.45) is 4.99 Å². The minimum absolute atomic E-state index is 0.0834. The zero-order valence-corrected chi connectivity index (χ0v) is 24.8. The summed E-state index contributed by atoms with van der Waals surface area (Å²) in [6, 6.07) is 12.1. The number of carbonyl (C=O) groups excluding carboxylic acids is 1. The molecule has 0 amide bonds. The summed E-state index contributed by atoms with van der Waals surface area (Å²) in [5.41, 5.74) is 1.56. The highest BCUT2D eigenvalue weighted by molar-refractivity contribution is 7.07. The number of nitrogens with zero attached hydrogens (tertiary/aromatic N) is 3. The third-order valence-corrected chi connectivity index (χ3v) is 8.15. The molecule has 0 N–H and O–H groups in total. The fourth-order valence-electron chi connectivity index (χ4n) is 5.22. The van der Waals surface area contributed by atoms with Gasteiger partial charge in [0.15, 0.2) is 16.3 Å². The summed E-state index contributed by atoms with van der Waals surface area (Å²) in [7, 11) is 1.42. The summed E-state index contributed by atoms with van der Waals surface area (Å²) in [4.78, 5) is 43.3. The number of hydrogen-bond acceptors (Lipinski definition) is 11. The predicted molar refractivity (Wildman–Crippen MR) is 160 cm³/mol. The third kappa shape index (κ3) is 5.15. The maximum absolute atomic E-state index is 14.0. The summed E-state index contributed by atoms with van der Waals surface area (Å²) in [6.07, 6.45) is 2.85. The first-order valence-electron chi connectivity index (χ1n) is 13.9. The van der Waals surface area contributed by atoms with Crippen molar-refractivity contribution in [1.29, 1.82) is 0 Å². The van der Waals surface area contributed by atoms with E-state index >= 15 is 0 Å². The molecule has 44 heavy (non-hydrogen) atoms. The van der Waals surface area contributed by atoms with E-state index in [-0.39, 0.29) is 30.4 Å². The Balaban J connectivity index is 1.48. The number of ether oxygens (including phenoxy) is 4.